The molecule has 0 saturated carbocycles. The SMILES string of the molecule is CCCCCc1cc(-c2ccc(N(c3ccc(-c4ccccc4)cc3)c3ccc(-c4ccccc4)cc3)cc2Nc2cccc(-c3ccccc3)c2)c2c(c1)N(c1cccc(-c3ccccc3)c1)c1cc(-c3ccccc3)ccc1[B]2. The average Bonchev–Trinajstić information content (AvgIpc) is 3.72. The van der Waals surface area contributed by atoms with Crippen molar-refractivity contribution in [2.75, 3.05) is 15.1 Å². The van der Waals surface area contributed by atoms with Crippen LogP contribution < -0.4 is 26.0 Å². The lowest BCUT2D eigenvalue weighted by molar-refractivity contribution is 0.717. The van der Waals surface area contributed by atoms with Crippen LogP contribution in [-0.4, -0.2) is 7.28 Å². The Morgan fingerprint density at radius 3 is 1.38 bits per heavy atom. The quantitative estimate of drug-likeness (QED) is 0.0769. The second kappa shape index (κ2) is 23.2. The lowest BCUT2D eigenvalue weighted by Gasteiger charge is -2.36. The highest BCUT2D eigenvalue weighted by atomic mass is 15.2. The van der Waals surface area contributed by atoms with Gasteiger partial charge in [-0.1, -0.05) is 250 Å². The van der Waals surface area contributed by atoms with Gasteiger partial charge in [0.05, 0.1) is 0 Å². The van der Waals surface area contributed by atoms with Crippen LogP contribution in [-0.2, 0) is 6.42 Å². The van der Waals surface area contributed by atoms with Crippen molar-refractivity contribution in [3.05, 3.63) is 303 Å². The van der Waals surface area contributed by atoms with E-state index in [0.29, 0.717) is 0 Å². The smallest absolute Gasteiger partial charge is 0.197 e. The van der Waals surface area contributed by atoms with E-state index < -0.39 is 0 Å². The number of rotatable bonds is 16. The Hall–Kier alpha value is -9.90. The van der Waals surface area contributed by atoms with Gasteiger partial charge in [-0.3, -0.25) is 0 Å². The Kier molecular flexibility index (Phi) is 14.5. The summed E-state index contributed by atoms with van der Waals surface area (Å²) in [4.78, 5) is 4.92. The van der Waals surface area contributed by atoms with Gasteiger partial charge in [0.15, 0.2) is 7.28 Å². The molecule has 0 spiro atoms. The minimum atomic E-state index is 0.967. The topological polar surface area (TPSA) is 18.5 Å². The fraction of sp³-hybridized carbons (Fsp3) is 0.0649. The Morgan fingerprint density at radius 1 is 0.358 bits per heavy atom. The fourth-order valence-corrected chi connectivity index (χ4v) is 11.6. The summed E-state index contributed by atoms with van der Waals surface area (Å²) in [7, 11) is 2.44. The number of nitrogens with zero attached hydrogens (tertiary/aromatic N) is 2. The molecule has 1 N–H and O–H groups in total. The molecule has 0 fully saturated rings. The number of fused-ring (bicyclic) bond motifs is 2. The van der Waals surface area contributed by atoms with E-state index in [0.717, 1.165) is 75.7 Å². The van der Waals surface area contributed by atoms with Crippen molar-refractivity contribution in [3.63, 3.8) is 0 Å². The molecule has 387 valence electrons. The van der Waals surface area contributed by atoms with Crippen molar-refractivity contribution in [2.45, 2.75) is 32.6 Å². The van der Waals surface area contributed by atoms with Crippen molar-refractivity contribution in [1.82, 2.24) is 0 Å². The minimum absolute atomic E-state index is 0.967. The summed E-state index contributed by atoms with van der Waals surface area (Å²) in [6, 6.07) is 108. The van der Waals surface area contributed by atoms with Gasteiger partial charge in [0.25, 0.3) is 0 Å². The largest absolute Gasteiger partial charge is 0.355 e. The van der Waals surface area contributed by atoms with Gasteiger partial charge in [-0.2, -0.15) is 0 Å². The third-order valence-corrected chi connectivity index (χ3v) is 15.7. The first-order valence-corrected chi connectivity index (χ1v) is 28.4. The average molecular weight is 1040 g/mol. The van der Waals surface area contributed by atoms with Gasteiger partial charge in [0.1, 0.15) is 0 Å². The van der Waals surface area contributed by atoms with E-state index >= 15 is 0 Å². The van der Waals surface area contributed by atoms with Gasteiger partial charge >= 0.3 is 0 Å². The molecular weight excluding hydrogens is 978 g/mol. The third-order valence-electron chi connectivity index (χ3n) is 15.7. The Balaban J connectivity index is 1.02. The first kappa shape index (κ1) is 50.6. The first-order chi connectivity index (χ1) is 40.1. The van der Waals surface area contributed by atoms with E-state index in [1.807, 2.05) is 0 Å². The fourth-order valence-electron chi connectivity index (χ4n) is 11.6. The summed E-state index contributed by atoms with van der Waals surface area (Å²) < 4.78 is 0. The second-order valence-corrected chi connectivity index (χ2v) is 21.0. The molecule has 3 nitrogen and oxygen atoms in total. The third kappa shape index (κ3) is 10.9. The first-order valence-electron chi connectivity index (χ1n) is 28.4. The van der Waals surface area contributed by atoms with Crippen LogP contribution in [0.4, 0.5) is 45.5 Å². The number of hydrogen-bond acceptors (Lipinski definition) is 3. The van der Waals surface area contributed by atoms with Gasteiger partial charge in [-0.05, 0) is 158 Å². The molecule has 4 heteroatoms. The summed E-state index contributed by atoms with van der Waals surface area (Å²) in [6.07, 6.45) is 4.39. The van der Waals surface area contributed by atoms with E-state index in [1.54, 1.807) is 0 Å². The lowest BCUT2D eigenvalue weighted by atomic mass is 9.57. The maximum atomic E-state index is 4.08. The predicted octanol–water partition coefficient (Wildman–Crippen LogP) is 20.1. The van der Waals surface area contributed by atoms with E-state index in [2.05, 4.69) is 327 Å². The number of unbranched alkanes of at least 4 members (excludes halogenated alkanes) is 2. The van der Waals surface area contributed by atoms with Crippen LogP contribution in [0.3, 0.4) is 0 Å². The molecule has 12 aromatic rings. The lowest BCUT2D eigenvalue weighted by Crippen LogP contribution is -2.41. The molecule has 1 heterocycles. The Morgan fingerprint density at radius 2 is 0.827 bits per heavy atom. The maximum Gasteiger partial charge on any atom is 0.197 e. The highest BCUT2D eigenvalue weighted by Gasteiger charge is 2.30. The zero-order chi connectivity index (χ0) is 54.3. The number of anilines is 8. The molecular formula is C77H61BN3. The molecule has 0 amide bonds. The number of aryl methyl sites for hydroxylation is 1. The molecule has 0 bridgehead atoms. The molecule has 0 unspecified atom stereocenters. The molecule has 13 rings (SSSR count). The predicted molar refractivity (Wildman–Crippen MR) is 346 cm³/mol. The summed E-state index contributed by atoms with van der Waals surface area (Å²) in [5.41, 5.74) is 26.4. The van der Waals surface area contributed by atoms with Crippen LogP contribution in [0.25, 0.3) is 66.8 Å². The number of nitrogens with one attached hydrogen (secondary N) is 1. The summed E-state index contributed by atoms with van der Waals surface area (Å²) in [6.45, 7) is 2.29. The molecule has 0 atom stereocenters. The number of benzene rings is 12. The summed E-state index contributed by atoms with van der Waals surface area (Å²) in [5.74, 6) is 0. The normalized spacial score (nSPS) is 11.5. The highest BCUT2D eigenvalue weighted by molar-refractivity contribution is 6.73. The van der Waals surface area contributed by atoms with Crippen molar-refractivity contribution < 1.29 is 0 Å². The van der Waals surface area contributed by atoms with Gasteiger partial charge in [0.2, 0.25) is 0 Å². The van der Waals surface area contributed by atoms with Crippen LogP contribution in [0, 0.1) is 0 Å². The van der Waals surface area contributed by atoms with Crippen molar-refractivity contribution >= 4 is 63.7 Å². The van der Waals surface area contributed by atoms with Crippen LogP contribution in [0.15, 0.2) is 297 Å². The van der Waals surface area contributed by atoms with Crippen LogP contribution in [0.2, 0.25) is 0 Å². The van der Waals surface area contributed by atoms with Crippen molar-refractivity contribution in [2.24, 2.45) is 0 Å². The highest BCUT2D eigenvalue weighted by Crippen LogP contribution is 2.45. The van der Waals surface area contributed by atoms with E-state index in [-0.39, 0.29) is 0 Å². The monoisotopic (exact) mass is 1040 g/mol. The second-order valence-electron chi connectivity index (χ2n) is 21.0. The van der Waals surface area contributed by atoms with Crippen molar-refractivity contribution in [3.8, 4) is 66.8 Å². The minimum Gasteiger partial charge on any atom is -0.355 e. The van der Waals surface area contributed by atoms with E-state index in [1.165, 1.54) is 78.8 Å². The molecule has 12 aromatic carbocycles. The molecule has 0 aromatic heterocycles. The number of hydrogen-bond donors (Lipinski definition) is 1. The zero-order valence-corrected chi connectivity index (χ0v) is 45.6. The molecule has 0 saturated heterocycles. The molecule has 1 radical (unpaired) electrons. The van der Waals surface area contributed by atoms with Gasteiger partial charge in [0, 0.05) is 51.1 Å². The van der Waals surface area contributed by atoms with Crippen LogP contribution in [0.1, 0.15) is 31.7 Å². The standard InChI is InChI=1S/C77H61BN3/c1-2-3-9-22-55-49-72(77-76(50-55)81(69-36-21-34-64(52-69)59-29-16-7-17-30-59)75-53-65(41-48-73(75)78-77)60-31-18-8-19-32-60)71-47-46-70(54-74(71)79-66-35-20-33-63(51-66)58-27-14-6-15-28-58)80(67-42-37-61(38-43-67)56-23-10-4-11-24-56)68-44-39-62(40-45-68)57-25-12-5-13-26-57/h4-8,10-21,23-54,79H,2-3,9,22H2,1H3. The van der Waals surface area contributed by atoms with Crippen LogP contribution >= 0.6 is 0 Å². The van der Waals surface area contributed by atoms with E-state index in [9.17, 15) is 0 Å². The summed E-state index contributed by atoms with van der Waals surface area (Å²) >= 11 is 0. The van der Waals surface area contributed by atoms with Crippen LogP contribution in [0.5, 0.6) is 0 Å². The van der Waals surface area contributed by atoms with Gasteiger partial charge in [-0.15, -0.1) is 0 Å². The Bertz CT molecular complexity index is 4010. The Labute approximate surface area is 478 Å². The van der Waals surface area contributed by atoms with Crippen molar-refractivity contribution in [1.29, 1.82) is 0 Å². The molecule has 1 aliphatic rings. The maximum absolute atomic E-state index is 4.08. The molecule has 0 aliphatic carbocycles. The van der Waals surface area contributed by atoms with Gasteiger partial charge < -0.3 is 15.1 Å². The molecule has 1 aliphatic heterocycles. The summed E-state index contributed by atoms with van der Waals surface area (Å²) in [5, 5.41) is 4.08. The van der Waals surface area contributed by atoms with E-state index in [4.69, 9.17) is 0 Å². The zero-order valence-electron chi connectivity index (χ0n) is 45.6. The van der Waals surface area contributed by atoms with Gasteiger partial charge in [-0.25, -0.2) is 0 Å². The molecule has 81 heavy (non-hydrogen) atoms.